The topological polar surface area (TPSA) is 54.0 Å². The number of thiazole rings is 1. The van der Waals surface area contributed by atoms with E-state index < -0.39 is 0 Å². The third kappa shape index (κ3) is 2.59. The molecule has 110 valence electrons. The van der Waals surface area contributed by atoms with Gasteiger partial charge in [0.05, 0.1) is 5.69 Å². The fraction of sp³-hybridized carbons (Fsp3) is 0.714. The van der Waals surface area contributed by atoms with Crippen molar-refractivity contribution < 1.29 is 4.79 Å². The van der Waals surface area contributed by atoms with E-state index in [-0.39, 0.29) is 24.2 Å². The molecular weight excluding hydrogens is 294 g/mol. The molecule has 4 rings (SSSR count). The summed E-state index contributed by atoms with van der Waals surface area (Å²) in [7, 11) is 0. The van der Waals surface area contributed by atoms with Crippen LogP contribution in [0.25, 0.3) is 0 Å². The zero-order chi connectivity index (χ0) is 12.9. The number of carbonyl (C=O) groups excluding carboxylic acids is 1. The van der Waals surface area contributed by atoms with Crippen molar-refractivity contribution in [2.45, 2.75) is 38.0 Å². The Hall–Kier alpha value is -0.650. The van der Waals surface area contributed by atoms with Crippen molar-refractivity contribution in [1.82, 2.24) is 10.3 Å². The fourth-order valence-electron chi connectivity index (χ4n) is 3.30. The maximum atomic E-state index is 12.3. The third-order valence-electron chi connectivity index (χ3n) is 4.85. The monoisotopic (exact) mass is 313 g/mol. The van der Waals surface area contributed by atoms with Crippen LogP contribution >= 0.6 is 23.7 Å². The Morgan fingerprint density at radius 1 is 1.40 bits per heavy atom. The first-order valence-corrected chi connectivity index (χ1v) is 8.12. The summed E-state index contributed by atoms with van der Waals surface area (Å²) in [4.78, 5) is 16.8. The van der Waals surface area contributed by atoms with Crippen LogP contribution in [0.3, 0.4) is 0 Å². The zero-order valence-corrected chi connectivity index (χ0v) is 13.0. The first-order valence-electron chi connectivity index (χ1n) is 7.24. The summed E-state index contributed by atoms with van der Waals surface area (Å²) in [6.07, 6.45) is 5.89. The SMILES string of the molecule is Cl.O=C(Nc1nc(C2CC2)cs1)C1CC12CCNCC2. The summed E-state index contributed by atoms with van der Waals surface area (Å²) in [5, 5.41) is 9.29. The highest BCUT2D eigenvalue weighted by molar-refractivity contribution is 7.13. The van der Waals surface area contributed by atoms with Crippen LogP contribution in [0, 0.1) is 11.3 Å². The summed E-state index contributed by atoms with van der Waals surface area (Å²) in [6.45, 7) is 2.12. The highest BCUT2D eigenvalue weighted by Gasteiger charge is 2.57. The van der Waals surface area contributed by atoms with Gasteiger partial charge in [0, 0.05) is 17.2 Å². The lowest BCUT2D eigenvalue weighted by Crippen LogP contribution is -2.31. The van der Waals surface area contributed by atoms with Gasteiger partial charge in [0.15, 0.2) is 5.13 Å². The van der Waals surface area contributed by atoms with Gasteiger partial charge in [-0.15, -0.1) is 23.7 Å². The van der Waals surface area contributed by atoms with Crippen LogP contribution < -0.4 is 10.6 Å². The second-order valence-corrected chi connectivity index (χ2v) is 7.07. The van der Waals surface area contributed by atoms with Crippen LogP contribution in [0.2, 0.25) is 0 Å². The highest BCUT2D eigenvalue weighted by atomic mass is 35.5. The molecule has 2 N–H and O–H groups in total. The van der Waals surface area contributed by atoms with Gasteiger partial charge in [-0.25, -0.2) is 4.98 Å². The number of carbonyl (C=O) groups is 1. The van der Waals surface area contributed by atoms with Gasteiger partial charge in [0.2, 0.25) is 5.91 Å². The molecule has 20 heavy (non-hydrogen) atoms. The average molecular weight is 314 g/mol. The normalized spacial score (nSPS) is 26.9. The van der Waals surface area contributed by atoms with Gasteiger partial charge in [0.25, 0.3) is 0 Å². The molecule has 0 radical (unpaired) electrons. The number of aromatic nitrogens is 1. The molecule has 1 aromatic heterocycles. The summed E-state index contributed by atoms with van der Waals surface area (Å²) in [6, 6.07) is 0. The van der Waals surface area contributed by atoms with E-state index in [9.17, 15) is 4.79 Å². The maximum absolute atomic E-state index is 12.3. The van der Waals surface area contributed by atoms with E-state index in [1.54, 1.807) is 11.3 Å². The molecule has 4 nitrogen and oxygen atoms in total. The summed E-state index contributed by atoms with van der Waals surface area (Å²) in [5.41, 5.74) is 1.49. The Bertz CT molecular complexity index is 508. The van der Waals surface area contributed by atoms with E-state index in [1.807, 2.05) is 0 Å². The average Bonchev–Trinajstić information content (AvgIpc) is 3.33. The number of amides is 1. The van der Waals surface area contributed by atoms with Crippen LogP contribution in [-0.4, -0.2) is 24.0 Å². The molecule has 1 aromatic rings. The van der Waals surface area contributed by atoms with Gasteiger partial charge in [0.1, 0.15) is 0 Å². The van der Waals surface area contributed by atoms with E-state index in [1.165, 1.54) is 18.5 Å². The molecule has 0 bridgehead atoms. The van der Waals surface area contributed by atoms with Gasteiger partial charge < -0.3 is 10.6 Å². The van der Waals surface area contributed by atoms with Gasteiger partial charge in [-0.2, -0.15) is 0 Å². The molecule has 3 aliphatic rings. The molecule has 1 aliphatic heterocycles. The number of rotatable bonds is 3. The minimum absolute atomic E-state index is 0. The number of hydrogen-bond acceptors (Lipinski definition) is 4. The maximum Gasteiger partial charge on any atom is 0.229 e. The Balaban J connectivity index is 0.00000121. The largest absolute Gasteiger partial charge is 0.317 e. The molecule has 1 unspecified atom stereocenters. The standard InChI is InChI=1S/C14H19N3OS.ClH/c18-12(10-7-14(10)3-5-15-6-4-14)17-13-16-11(8-19-13)9-1-2-9;/h8-10,15H,1-7H2,(H,16,17,18);1H. The van der Waals surface area contributed by atoms with E-state index in [2.05, 4.69) is 21.0 Å². The fourth-order valence-corrected chi connectivity index (χ4v) is 4.09. The molecule has 1 saturated heterocycles. The first-order chi connectivity index (χ1) is 9.27. The molecule has 1 amide bonds. The Kier molecular flexibility index (Phi) is 3.77. The summed E-state index contributed by atoms with van der Waals surface area (Å²) < 4.78 is 0. The molecule has 2 saturated carbocycles. The molecule has 1 atom stereocenters. The van der Waals surface area contributed by atoms with Crippen LogP contribution in [0.1, 0.15) is 43.7 Å². The van der Waals surface area contributed by atoms with Crippen molar-refractivity contribution in [2.24, 2.45) is 11.3 Å². The number of halogens is 1. The minimum atomic E-state index is 0. The van der Waals surface area contributed by atoms with Crippen molar-refractivity contribution in [1.29, 1.82) is 0 Å². The smallest absolute Gasteiger partial charge is 0.229 e. The Morgan fingerprint density at radius 3 is 2.85 bits per heavy atom. The van der Waals surface area contributed by atoms with Gasteiger partial charge in [-0.1, -0.05) is 0 Å². The van der Waals surface area contributed by atoms with Crippen LogP contribution in [-0.2, 0) is 4.79 Å². The second-order valence-electron chi connectivity index (χ2n) is 6.21. The Morgan fingerprint density at radius 2 is 2.15 bits per heavy atom. The predicted molar refractivity (Wildman–Crippen MR) is 82.6 cm³/mol. The van der Waals surface area contributed by atoms with Crippen molar-refractivity contribution in [3.05, 3.63) is 11.1 Å². The molecular formula is C14H20ClN3OS. The van der Waals surface area contributed by atoms with Crippen LogP contribution in [0.4, 0.5) is 5.13 Å². The molecule has 3 fully saturated rings. The van der Waals surface area contributed by atoms with Crippen molar-refractivity contribution in [3.63, 3.8) is 0 Å². The second kappa shape index (κ2) is 5.28. The molecule has 1 spiro atoms. The number of anilines is 1. The lowest BCUT2D eigenvalue weighted by molar-refractivity contribution is -0.118. The van der Waals surface area contributed by atoms with Crippen molar-refractivity contribution in [3.8, 4) is 0 Å². The number of nitrogens with zero attached hydrogens (tertiary/aromatic N) is 1. The van der Waals surface area contributed by atoms with E-state index in [4.69, 9.17) is 0 Å². The number of nitrogens with one attached hydrogen (secondary N) is 2. The summed E-state index contributed by atoms with van der Waals surface area (Å²) >= 11 is 1.57. The van der Waals surface area contributed by atoms with Gasteiger partial charge >= 0.3 is 0 Å². The lowest BCUT2D eigenvalue weighted by atomic mass is 9.92. The van der Waals surface area contributed by atoms with E-state index in [0.29, 0.717) is 11.3 Å². The van der Waals surface area contributed by atoms with Gasteiger partial charge in [-0.05, 0) is 50.6 Å². The van der Waals surface area contributed by atoms with E-state index >= 15 is 0 Å². The molecule has 2 heterocycles. The molecule has 0 aromatic carbocycles. The first kappa shape index (κ1) is 14.3. The Labute approximate surface area is 129 Å². The van der Waals surface area contributed by atoms with Crippen LogP contribution in [0.15, 0.2) is 5.38 Å². The highest BCUT2D eigenvalue weighted by Crippen LogP contribution is 2.58. The lowest BCUT2D eigenvalue weighted by Gasteiger charge is -2.22. The van der Waals surface area contributed by atoms with E-state index in [0.717, 1.165) is 37.5 Å². The predicted octanol–water partition coefficient (Wildman–Crippen LogP) is 2.77. The zero-order valence-electron chi connectivity index (χ0n) is 11.4. The number of hydrogen-bond donors (Lipinski definition) is 2. The van der Waals surface area contributed by atoms with Gasteiger partial charge in [-0.3, -0.25) is 4.79 Å². The van der Waals surface area contributed by atoms with Crippen LogP contribution in [0.5, 0.6) is 0 Å². The minimum Gasteiger partial charge on any atom is -0.317 e. The van der Waals surface area contributed by atoms with Crippen molar-refractivity contribution >= 4 is 34.8 Å². The third-order valence-corrected chi connectivity index (χ3v) is 5.63. The molecule has 2 aliphatic carbocycles. The molecule has 6 heteroatoms. The van der Waals surface area contributed by atoms with Crippen molar-refractivity contribution in [2.75, 3.05) is 18.4 Å². The number of piperidine rings is 1. The summed E-state index contributed by atoms with van der Waals surface area (Å²) in [5.74, 6) is 1.08. The quantitative estimate of drug-likeness (QED) is 0.902.